The molecule has 3 aromatic rings. The third-order valence-corrected chi connectivity index (χ3v) is 5.27. The molecule has 0 N–H and O–H groups in total. The maximum Gasteiger partial charge on any atom is 0.432 e. The third-order valence-electron chi connectivity index (χ3n) is 5.27. The molecule has 168 valence electrons. The predicted octanol–water partition coefficient (Wildman–Crippen LogP) is 5.47. The molecule has 3 rings (SSSR count). The van der Waals surface area contributed by atoms with Gasteiger partial charge < -0.3 is 14.2 Å². The van der Waals surface area contributed by atoms with Gasteiger partial charge in [0.15, 0.2) is 0 Å². The lowest BCUT2D eigenvalue weighted by atomic mass is 9.91. The van der Waals surface area contributed by atoms with E-state index in [0.29, 0.717) is 5.75 Å². The standard InChI is InChI=1S/C25H23F3O4/c1-30-21-15-13-19(14-16-21)22(18-9-5-3-6-10-18)17-32-23(29)24(31-2,25(26,27)28)20-11-7-4-8-12-20/h3-16,22H,17H2,1-2H3. The molecule has 0 radical (unpaired) electrons. The number of alkyl halides is 3. The average Bonchev–Trinajstić information content (AvgIpc) is 2.81. The van der Waals surface area contributed by atoms with Crippen molar-refractivity contribution in [3.8, 4) is 5.75 Å². The first-order valence-electron chi connectivity index (χ1n) is 9.87. The monoisotopic (exact) mass is 444 g/mol. The Bertz CT molecular complexity index is 1000. The Labute approximate surface area is 184 Å². The second-order valence-electron chi connectivity index (χ2n) is 7.08. The van der Waals surface area contributed by atoms with Gasteiger partial charge in [0.2, 0.25) is 0 Å². The van der Waals surface area contributed by atoms with Crippen LogP contribution in [0.15, 0.2) is 84.9 Å². The van der Waals surface area contributed by atoms with E-state index in [2.05, 4.69) is 0 Å². The van der Waals surface area contributed by atoms with E-state index >= 15 is 0 Å². The van der Waals surface area contributed by atoms with Gasteiger partial charge in [-0.25, -0.2) is 4.79 Å². The van der Waals surface area contributed by atoms with Crippen molar-refractivity contribution in [3.05, 3.63) is 102 Å². The Hall–Kier alpha value is -3.32. The molecule has 0 saturated heterocycles. The van der Waals surface area contributed by atoms with E-state index in [1.54, 1.807) is 30.3 Å². The topological polar surface area (TPSA) is 44.8 Å². The zero-order valence-corrected chi connectivity index (χ0v) is 17.6. The smallest absolute Gasteiger partial charge is 0.432 e. The molecule has 0 bridgehead atoms. The number of benzene rings is 3. The largest absolute Gasteiger partial charge is 0.497 e. The van der Waals surface area contributed by atoms with Crippen LogP contribution in [-0.4, -0.2) is 33.0 Å². The van der Waals surface area contributed by atoms with Crippen molar-refractivity contribution in [3.63, 3.8) is 0 Å². The van der Waals surface area contributed by atoms with Crippen molar-refractivity contribution in [1.82, 2.24) is 0 Å². The molecule has 0 saturated carbocycles. The third kappa shape index (κ3) is 4.62. The molecule has 0 amide bonds. The van der Waals surface area contributed by atoms with Gasteiger partial charge in [0.1, 0.15) is 12.4 Å². The summed E-state index contributed by atoms with van der Waals surface area (Å²) in [5.41, 5.74) is -2.02. The number of ether oxygens (including phenoxy) is 3. The van der Waals surface area contributed by atoms with Crippen molar-refractivity contribution in [2.75, 3.05) is 20.8 Å². The molecule has 0 aliphatic carbocycles. The summed E-state index contributed by atoms with van der Waals surface area (Å²) in [6.07, 6.45) is -5.03. The molecule has 0 spiro atoms. The number of rotatable bonds is 8. The highest BCUT2D eigenvalue weighted by molar-refractivity contribution is 5.82. The first-order valence-corrected chi connectivity index (χ1v) is 9.87. The van der Waals surface area contributed by atoms with Gasteiger partial charge in [-0.3, -0.25) is 0 Å². The molecular formula is C25H23F3O4. The van der Waals surface area contributed by atoms with Gasteiger partial charge in [-0.15, -0.1) is 0 Å². The van der Waals surface area contributed by atoms with Crippen LogP contribution in [0, 0.1) is 0 Å². The van der Waals surface area contributed by atoms with Crippen molar-refractivity contribution in [2.24, 2.45) is 0 Å². The molecule has 3 aromatic carbocycles. The Morgan fingerprint density at radius 2 is 1.34 bits per heavy atom. The normalized spacial score (nSPS) is 14.3. The maximum absolute atomic E-state index is 14.1. The van der Waals surface area contributed by atoms with E-state index in [1.807, 2.05) is 30.3 Å². The van der Waals surface area contributed by atoms with E-state index < -0.39 is 23.7 Å². The average molecular weight is 444 g/mol. The quantitative estimate of drug-likeness (QED) is 0.432. The summed E-state index contributed by atoms with van der Waals surface area (Å²) >= 11 is 0. The lowest BCUT2D eigenvalue weighted by molar-refractivity contribution is -0.276. The number of carbonyl (C=O) groups excluding carboxylic acids is 1. The molecular weight excluding hydrogens is 421 g/mol. The van der Waals surface area contributed by atoms with Crippen molar-refractivity contribution >= 4 is 5.97 Å². The second-order valence-corrected chi connectivity index (χ2v) is 7.08. The van der Waals surface area contributed by atoms with Gasteiger partial charge in [-0.2, -0.15) is 13.2 Å². The van der Waals surface area contributed by atoms with Crippen LogP contribution < -0.4 is 4.74 Å². The van der Waals surface area contributed by atoms with Gasteiger partial charge >= 0.3 is 12.1 Å². The van der Waals surface area contributed by atoms with Crippen LogP contribution in [0.5, 0.6) is 5.75 Å². The molecule has 0 aliphatic heterocycles. The molecule has 0 aliphatic rings. The van der Waals surface area contributed by atoms with E-state index in [1.165, 1.54) is 31.4 Å². The van der Waals surface area contributed by atoms with Gasteiger partial charge in [-0.1, -0.05) is 72.8 Å². The Morgan fingerprint density at radius 1 is 0.812 bits per heavy atom. The number of halogens is 3. The summed E-state index contributed by atoms with van der Waals surface area (Å²) in [6, 6.07) is 22.9. The van der Waals surface area contributed by atoms with Crippen LogP contribution in [-0.2, 0) is 19.9 Å². The minimum atomic E-state index is -5.03. The van der Waals surface area contributed by atoms with Crippen LogP contribution in [0.1, 0.15) is 22.6 Å². The van der Waals surface area contributed by atoms with Crippen molar-refractivity contribution in [2.45, 2.75) is 17.7 Å². The molecule has 0 heterocycles. The van der Waals surface area contributed by atoms with Crippen LogP contribution in [0.2, 0.25) is 0 Å². The predicted molar refractivity (Wildman–Crippen MR) is 113 cm³/mol. The minimum absolute atomic E-state index is 0.302. The Balaban J connectivity index is 1.94. The zero-order valence-electron chi connectivity index (χ0n) is 17.6. The van der Waals surface area contributed by atoms with E-state index in [9.17, 15) is 18.0 Å². The van der Waals surface area contributed by atoms with Gasteiger partial charge in [0.25, 0.3) is 5.60 Å². The van der Waals surface area contributed by atoms with E-state index in [-0.39, 0.29) is 12.2 Å². The number of hydrogen-bond acceptors (Lipinski definition) is 4. The number of hydrogen-bond donors (Lipinski definition) is 0. The van der Waals surface area contributed by atoms with Gasteiger partial charge in [0.05, 0.1) is 7.11 Å². The number of esters is 1. The summed E-state index contributed by atoms with van der Waals surface area (Å²) in [6.45, 7) is -0.302. The summed E-state index contributed by atoms with van der Waals surface area (Å²) in [5, 5.41) is 0. The van der Waals surface area contributed by atoms with Crippen LogP contribution >= 0.6 is 0 Å². The first kappa shape index (κ1) is 23.3. The molecule has 2 atom stereocenters. The molecule has 0 fully saturated rings. The highest BCUT2D eigenvalue weighted by Gasteiger charge is 2.64. The van der Waals surface area contributed by atoms with E-state index in [4.69, 9.17) is 14.2 Å². The molecule has 4 nitrogen and oxygen atoms in total. The first-order chi connectivity index (χ1) is 15.3. The van der Waals surface area contributed by atoms with Crippen LogP contribution in [0.3, 0.4) is 0 Å². The molecule has 0 aromatic heterocycles. The summed E-state index contributed by atoms with van der Waals surface area (Å²) in [4.78, 5) is 12.9. The molecule has 7 heteroatoms. The molecule has 32 heavy (non-hydrogen) atoms. The van der Waals surface area contributed by atoms with Crippen LogP contribution in [0.25, 0.3) is 0 Å². The fraction of sp³-hybridized carbons (Fsp3) is 0.240. The summed E-state index contributed by atoms with van der Waals surface area (Å²) in [5.74, 6) is -1.37. The van der Waals surface area contributed by atoms with E-state index in [0.717, 1.165) is 18.2 Å². The lowest BCUT2D eigenvalue weighted by Crippen LogP contribution is -2.52. The van der Waals surface area contributed by atoms with Crippen molar-refractivity contribution < 1.29 is 32.2 Å². The highest BCUT2D eigenvalue weighted by Crippen LogP contribution is 2.43. The fourth-order valence-electron chi connectivity index (χ4n) is 3.55. The number of carbonyl (C=O) groups is 1. The SMILES string of the molecule is COc1ccc(C(COC(=O)C(OC)(c2ccccc2)C(F)(F)F)c2ccccc2)cc1. The van der Waals surface area contributed by atoms with Crippen LogP contribution in [0.4, 0.5) is 13.2 Å². The van der Waals surface area contributed by atoms with Gasteiger partial charge in [0, 0.05) is 18.6 Å². The minimum Gasteiger partial charge on any atom is -0.497 e. The second kappa shape index (κ2) is 9.87. The lowest BCUT2D eigenvalue weighted by Gasteiger charge is -2.33. The zero-order chi connectivity index (χ0) is 23.2. The number of methoxy groups -OCH3 is 2. The summed E-state index contributed by atoms with van der Waals surface area (Å²) in [7, 11) is 2.39. The van der Waals surface area contributed by atoms with Gasteiger partial charge in [-0.05, 0) is 23.3 Å². The Morgan fingerprint density at radius 3 is 1.84 bits per heavy atom. The Kier molecular flexibility index (Phi) is 7.20. The van der Waals surface area contributed by atoms with Crippen molar-refractivity contribution in [1.29, 1.82) is 0 Å². The molecule has 2 unspecified atom stereocenters. The maximum atomic E-state index is 14.1. The summed E-state index contributed by atoms with van der Waals surface area (Å²) < 4.78 is 57.6. The fourth-order valence-corrected chi connectivity index (χ4v) is 3.55. The highest BCUT2D eigenvalue weighted by atomic mass is 19.4.